The second kappa shape index (κ2) is 25.0. The van der Waals surface area contributed by atoms with Crippen molar-refractivity contribution in [2.45, 2.75) is 155 Å². The number of nitrogens with zero attached hydrogens (tertiary/aromatic N) is 1. The molecule has 0 atom stereocenters. The van der Waals surface area contributed by atoms with Crippen LogP contribution in [0.2, 0.25) is 0 Å². The molecule has 0 aromatic rings. The van der Waals surface area contributed by atoms with Crippen LogP contribution in [0, 0.1) is 0 Å². The summed E-state index contributed by atoms with van der Waals surface area (Å²) in [5.74, 6) is 0. The van der Waals surface area contributed by atoms with Crippen molar-refractivity contribution in [3.63, 3.8) is 0 Å². The molecule has 0 fully saturated rings. The lowest BCUT2D eigenvalue weighted by Crippen LogP contribution is -2.11. The van der Waals surface area contributed by atoms with Crippen LogP contribution in [0.25, 0.3) is 0 Å². The summed E-state index contributed by atoms with van der Waals surface area (Å²) in [7, 11) is 4.38. The second-order valence-corrected chi connectivity index (χ2v) is 9.99. The molecule has 0 amide bonds. The Morgan fingerprint density at radius 1 is 0.467 bits per heavy atom. The van der Waals surface area contributed by atoms with Gasteiger partial charge in [0.15, 0.2) is 0 Å². The van der Waals surface area contributed by atoms with Gasteiger partial charge in [-0.2, -0.15) is 0 Å². The quantitative estimate of drug-likeness (QED) is 0.111. The highest BCUT2D eigenvalue weighted by Gasteiger charge is 2.01. The Morgan fingerprint density at radius 3 is 1.07 bits per heavy atom. The van der Waals surface area contributed by atoms with Crippen LogP contribution in [0.1, 0.15) is 155 Å². The van der Waals surface area contributed by atoms with Crippen molar-refractivity contribution >= 4 is 0 Å². The van der Waals surface area contributed by atoms with Gasteiger partial charge in [0.05, 0.1) is 0 Å². The van der Waals surface area contributed by atoms with Gasteiger partial charge < -0.3 is 4.90 Å². The molecule has 0 heterocycles. The van der Waals surface area contributed by atoms with Crippen molar-refractivity contribution in [2.24, 2.45) is 0 Å². The number of hydrogen-bond acceptors (Lipinski definition) is 1. The maximum Gasteiger partial charge on any atom is 0.0159 e. The highest BCUT2D eigenvalue weighted by atomic mass is 15.0. The van der Waals surface area contributed by atoms with E-state index in [2.05, 4.69) is 38.9 Å². The van der Waals surface area contributed by atoms with Crippen LogP contribution < -0.4 is 0 Å². The molecule has 0 saturated carbocycles. The zero-order chi connectivity index (χ0) is 22.1. The van der Waals surface area contributed by atoms with Gasteiger partial charge in [-0.3, -0.25) is 0 Å². The van der Waals surface area contributed by atoms with Crippen molar-refractivity contribution in [2.75, 3.05) is 20.6 Å². The van der Waals surface area contributed by atoms with E-state index < -0.39 is 0 Å². The highest BCUT2D eigenvalue weighted by Crippen LogP contribution is 2.19. The zero-order valence-electron chi connectivity index (χ0n) is 21.8. The summed E-state index contributed by atoms with van der Waals surface area (Å²) >= 11 is 0. The van der Waals surface area contributed by atoms with Gasteiger partial charge in [0.2, 0.25) is 0 Å². The molecule has 0 N–H and O–H groups in total. The van der Waals surface area contributed by atoms with E-state index in [0.29, 0.717) is 0 Å². The topological polar surface area (TPSA) is 3.24 Å². The zero-order valence-corrected chi connectivity index (χ0v) is 21.8. The van der Waals surface area contributed by atoms with E-state index in [9.17, 15) is 0 Å². The Kier molecular flexibility index (Phi) is 24.7. The summed E-state index contributed by atoms with van der Waals surface area (Å²) in [5, 5.41) is 0. The molecule has 0 radical (unpaired) electrons. The summed E-state index contributed by atoms with van der Waals surface area (Å²) in [6.45, 7) is 5.72. The first kappa shape index (κ1) is 29.7. The third-order valence-corrected chi connectivity index (χ3v) is 6.45. The standard InChI is InChI=1S/C29H59N/c1-5-7-9-11-13-15-17-19-21-23-25-29(27-28-30(3)4)26-24-22-20-18-16-14-12-10-8-6-2/h27H,5-26,28H2,1-4H3. The van der Waals surface area contributed by atoms with Gasteiger partial charge in [0, 0.05) is 6.54 Å². The molecule has 0 aliphatic heterocycles. The molecule has 180 valence electrons. The molecule has 1 heteroatoms. The van der Waals surface area contributed by atoms with Gasteiger partial charge >= 0.3 is 0 Å². The summed E-state index contributed by atoms with van der Waals surface area (Å²) in [6, 6.07) is 0. The molecule has 0 saturated heterocycles. The van der Waals surface area contributed by atoms with E-state index in [1.54, 1.807) is 5.57 Å². The number of hydrogen-bond donors (Lipinski definition) is 0. The van der Waals surface area contributed by atoms with Crippen LogP contribution in [0.5, 0.6) is 0 Å². The first-order valence-corrected chi connectivity index (χ1v) is 14.0. The molecular formula is C29H59N. The molecule has 0 aliphatic carbocycles. The lowest BCUT2D eigenvalue weighted by molar-refractivity contribution is 0.453. The predicted molar refractivity (Wildman–Crippen MR) is 140 cm³/mol. The van der Waals surface area contributed by atoms with Crippen LogP contribution in [0.4, 0.5) is 0 Å². The van der Waals surface area contributed by atoms with Crippen LogP contribution >= 0.6 is 0 Å². The first-order valence-electron chi connectivity index (χ1n) is 14.0. The summed E-state index contributed by atoms with van der Waals surface area (Å²) < 4.78 is 0. The fourth-order valence-corrected chi connectivity index (χ4v) is 4.32. The van der Waals surface area contributed by atoms with E-state index in [1.807, 2.05) is 0 Å². The Labute approximate surface area is 192 Å². The van der Waals surface area contributed by atoms with Crippen molar-refractivity contribution in [3.05, 3.63) is 11.6 Å². The predicted octanol–water partition coefficient (Wildman–Crippen LogP) is 10.1. The van der Waals surface area contributed by atoms with Gasteiger partial charge in [-0.25, -0.2) is 0 Å². The molecule has 1 nitrogen and oxygen atoms in total. The van der Waals surface area contributed by atoms with Crippen molar-refractivity contribution in [1.82, 2.24) is 4.90 Å². The van der Waals surface area contributed by atoms with Crippen molar-refractivity contribution < 1.29 is 0 Å². The van der Waals surface area contributed by atoms with E-state index >= 15 is 0 Å². The average Bonchev–Trinajstić information content (AvgIpc) is 2.73. The number of likely N-dealkylation sites (N-methyl/N-ethyl adjacent to an activating group) is 1. The maximum atomic E-state index is 2.53. The molecule has 0 aliphatic rings. The third-order valence-electron chi connectivity index (χ3n) is 6.45. The second-order valence-electron chi connectivity index (χ2n) is 9.99. The molecule has 0 aromatic heterocycles. The summed E-state index contributed by atoms with van der Waals surface area (Å²) in [5.41, 5.74) is 1.74. The van der Waals surface area contributed by atoms with E-state index in [1.165, 1.54) is 141 Å². The molecule has 0 unspecified atom stereocenters. The molecule has 0 rings (SSSR count). The van der Waals surface area contributed by atoms with Crippen LogP contribution in [0.15, 0.2) is 11.6 Å². The van der Waals surface area contributed by atoms with E-state index in [4.69, 9.17) is 0 Å². The summed E-state index contributed by atoms with van der Waals surface area (Å²) in [6.07, 6.45) is 34.0. The number of unbranched alkanes of at least 4 members (excludes halogenated alkanes) is 18. The van der Waals surface area contributed by atoms with Crippen LogP contribution in [-0.2, 0) is 0 Å². The minimum atomic E-state index is 1.12. The summed E-state index contributed by atoms with van der Waals surface area (Å²) in [4.78, 5) is 2.30. The van der Waals surface area contributed by atoms with Crippen LogP contribution in [-0.4, -0.2) is 25.5 Å². The maximum absolute atomic E-state index is 2.53. The van der Waals surface area contributed by atoms with Crippen molar-refractivity contribution in [3.8, 4) is 0 Å². The fourth-order valence-electron chi connectivity index (χ4n) is 4.32. The molecule has 0 bridgehead atoms. The molecular weight excluding hydrogens is 362 g/mol. The van der Waals surface area contributed by atoms with Gasteiger partial charge in [-0.1, -0.05) is 141 Å². The SMILES string of the molecule is CCCCCCCCCCCCC(=CCN(C)C)CCCCCCCCCCCC. The Hall–Kier alpha value is -0.300. The Bertz CT molecular complexity index is 318. The van der Waals surface area contributed by atoms with Gasteiger partial charge in [0.25, 0.3) is 0 Å². The Balaban J connectivity index is 3.70. The minimum Gasteiger partial charge on any atom is -0.306 e. The number of rotatable bonds is 24. The molecule has 0 aromatic carbocycles. The monoisotopic (exact) mass is 421 g/mol. The largest absolute Gasteiger partial charge is 0.306 e. The molecule has 30 heavy (non-hydrogen) atoms. The first-order chi connectivity index (χ1) is 14.7. The van der Waals surface area contributed by atoms with Crippen LogP contribution in [0.3, 0.4) is 0 Å². The number of allylic oxidation sites excluding steroid dienone is 1. The normalized spacial score (nSPS) is 11.4. The van der Waals surface area contributed by atoms with Gasteiger partial charge in [0.1, 0.15) is 0 Å². The highest BCUT2D eigenvalue weighted by molar-refractivity contribution is 5.03. The van der Waals surface area contributed by atoms with E-state index in [-0.39, 0.29) is 0 Å². The van der Waals surface area contributed by atoms with Crippen molar-refractivity contribution in [1.29, 1.82) is 0 Å². The van der Waals surface area contributed by atoms with Gasteiger partial charge in [-0.05, 0) is 39.8 Å². The van der Waals surface area contributed by atoms with Gasteiger partial charge in [-0.15, -0.1) is 0 Å². The van der Waals surface area contributed by atoms with E-state index in [0.717, 1.165) is 6.54 Å². The lowest BCUT2D eigenvalue weighted by atomic mass is 9.98. The minimum absolute atomic E-state index is 1.12. The smallest absolute Gasteiger partial charge is 0.0159 e. The fraction of sp³-hybridized carbons (Fsp3) is 0.931. The average molecular weight is 422 g/mol. The molecule has 0 spiro atoms. The third kappa shape index (κ3) is 24.0. The lowest BCUT2D eigenvalue weighted by Gasteiger charge is -2.11. The Morgan fingerprint density at radius 2 is 0.767 bits per heavy atom.